The van der Waals surface area contributed by atoms with Crippen LogP contribution in [-0.2, 0) is 11.3 Å². The quantitative estimate of drug-likeness (QED) is 0.669. The molecule has 2 aromatic carbocycles. The second-order valence-electron chi connectivity index (χ2n) is 5.09. The molecule has 2 heterocycles. The zero-order chi connectivity index (χ0) is 15.1. The van der Waals surface area contributed by atoms with Gasteiger partial charge in [-0.15, -0.1) is 11.3 Å². The van der Waals surface area contributed by atoms with Gasteiger partial charge in [0.05, 0.1) is 28.0 Å². The van der Waals surface area contributed by atoms with Crippen LogP contribution < -0.4 is 0 Å². The third-order valence-electron chi connectivity index (χ3n) is 3.82. The molecule has 0 radical (unpaired) electrons. The minimum atomic E-state index is -0.372. The minimum Gasteiger partial charge on any atom is -0.307 e. The van der Waals surface area contributed by atoms with E-state index in [-0.39, 0.29) is 5.83 Å². The number of hydrogen-bond donors (Lipinski definition) is 0. The number of carbonyl (C=O) groups excluding carboxylic acids is 1. The first-order valence-corrected chi connectivity index (χ1v) is 7.69. The van der Waals surface area contributed by atoms with Crippen molar-refractivity contribution in [1.82, 2.24) is 9.88 Å². The lowest BCUT2D eigenvalue weighted by Crippen LogP contribution is -2.24. The minimum absolute atomic E-state index is 0.309. The predicted octanol–water partition coefficient (Wildman–Crippen LogP) is 4.06. The van der Waals surface area contributed by atoms with Crippen LogP contribution in [0.1, 0.15) is 16.7 Å². The number of carbonyl (C=O) groups is 1. The van der Waals surface area contributed by atoms with E-state index < -0.39 is 0 Å². The van der Waals surface area contributed by atoms with E-state index in [1.807, 2.05) is 30.3 Å². The van der Waals surface area contributed by atoms with Crippen LogP contribution in [0.25, 0.3) is 21.7 Å². The topological polar surface area (TPSA) is 33.2 Å². The Hall–Kier alpha value is -2.53. The van der Waals surface area contributed by atoms with Crippen molar-refractivity contribution >= 4 is 39.5 Å². The number of benzene rings is 2. The Labute approximate surface area is 130 Å². The van der Waals surface area contributed by atoms with Crippen molar-refractivity contribution < 1.29 is 9.18 Å². The maximum Gasteiger partial charge on any atom is 0.214 e. The highest BCUT2D eigenvalue weighted by Gasteiger charge is 2.26. The van der Waals surface area contributed by atoms with Crippen molar-refractivity contribution in [3.63, 3.8) is 0 Å². The van der Waals surface area contributed by atoms with Crippen molar-refractivity contribution in [2.45, 2.75) is 6.54 Å². The molecule has 0 saturated carbocycles. The van der Waals surface area contributed by atoms with Crippen molar-refractivity contribution in [3.8, 4) is 0 Å². The van der Waals surface area contributed by atoms with E-state index in [2.05, 4.69) is 4.98 Å². The second-order valence-corrected chi connectivity index (χ2v) is 5.97. The second kappa shape index (κ2) is 5.03. The van der Waals surface area contributed by atoms with Crippen LogP contribution in [0, 0.1) is 0 Å². The van der Waals surface area contributed by atoms with Crippen molar-refractivity contribution in [2.24, 2.45) is 0 Å². The molecule has 1 aliphatic rings. The van der Waals surface area contributed by atoms with E-state index in [1.54, 1.807) is 17.6 Å². The molecule has 1 aromatic heterocycles. The van der Waals surface area contributed by atoms with Crippen molar-refractivity contribution in [1.29, 1.82) is 0 Å². The Morgan fingerprint density at radius 2 is 2.09 bits per heavy atom. The monoisotopic (exact) mass is 310 g/mol. The first-order valence-electron chi connectivity index (χ1n) is 6.81. The Morgan fingerprint density at radius 1 is 1.23 bits per heavy atom. The lowest BCUT2D eigenvalue weighted by molar-refractivity contribution is -0.115. The molecule has 0 aliphatic carbocycles. The first-order chi connectivity index (χ1) is 10.8. The zero-order valence-corrected chi connectivity index (χ0v) is 12.3. The summed E-state index contributed by atoms with van der Waals surface area (Å²) in [6.07, 6.45) is 0.677. The lowest BCUT2D eigenvalue weighted by atomic mass is 9.97. The van der Waals surface area contributed by atoms with Gasteiger partial charge in [0.1, 0.15) is 0 Å². The van der Waals surface area contributed by atoms with E-state index in [0.29, 0.717) is 29.8 Å². The fourth-order valence-electron chi connectivity index (χ4n) is 2.78. The fraction of sp³-hybridized carbons (Fsp3) is 0.0588. The fourth-order valence-corrected chi connectivity index (χ4v) is 3.43. The summed E-state index contributed by atoms with van der Waals surface area (Å²) in [4.78, 5) is 17.1. The number of aromatic nitrogens is 1. The van der Waals surface area contributed by atoms with E-state index in [9.17, 15) is 9.18 Å². The van der Waals surface area contributed by atoms with Crippen molar-refractivity contribution in [2.75, 3.05) is 0 Å². The number of rotatable bonds is 2. The van der Waals surface area contributed by atoms with Gasteiger partial charge in [0.2, 0.25) is 6.41 Å². The van der Waals surface area contributed by atoms with Crippen LogP contribution in [-0.4, -0.2) is 16.3 Å². The average Bonchev–Trinajstić information content (AvgIpc) is 3.02. The maximum atomic E-state index is 15.0. The smallest absolute Gasteiger partial charge is 0.214 e. The highest BCUT2D eigenvalue weighted by atomic mass is 32.1. The average molecular weight is 310 g/mol. The van der Waals surface area contributed by atoms with Crippen LogP contribution in [0.15, 0.2) is 48.0 Å². The number of halogens is 1. The summed E-state index contributed by atoms with van der Waals surface area (Å²) in [5, 5.41) is 0. The third kappa shape index (κ3) is 1.94. The highest BCUT2D eigenvalue weighted by molar-refractivity contribution is 7.16. The van der Waals surface area contributed by atoms with Gasteiger partial charge in [-0.25, -0.2) is 9.37 Å². The van der Waals surface area contributed by atoms with Gasteiger partial charge in [0.25, 0.3) is 0 Å². The normalized spacial score (nSPS) is 14.3. The van der Waals surface area contributed by atoms with Gasteiger partial charge in [0.15, 0.2) is 5.83 Å². The number of amides is 1. The zero-order valence-electron chi connectivity index (χ0n) is 11.5. The summed E-state index contributed by atoms with van der Waals surface area (Å²) in [5.41, 5.74) is 4.90. The predicted molar refractivity (Wildman–Crippen MR) is 85.6 cm³/mol. The Morgan fingerprint density at radius 3 is 2.95 bits per heavy atom. The number of thiazole rings is 1. The molecular weight excluding hydrogens is 299 g/mol. The molecule has 22 heavy (non-hydrogen) atoms. The summed E-state index contributed by atoms with van der Waals surface area (Å²) >= 11 is 1.53. The van der Waals surface area contributed by atoms with Gasteiger partial charge < -0.3 is 4.90 Å². The van der Waals surface area contributed by atoms with Gasteiger partial charge >= 0.3 is 0 Å². The van der Waals surface area contributed by atoms with Gasteiger partial charge in [-0.3, -0.25) is 4.79 Å². The first kappa shape index (κ1) is 13.2. The molecule has 5 heteroatoms. The molecule has 0 bridgehead atoms. The lowest BCUT2D eigenvalue weighted by Gasteiger charge is -2.28. The summed E-state index contributed by atoms with van der Waals surface area (Å²) < 4.78 is 16.0. The van der Waals surface area contributed by atoms with Crippen LogP contribution in [0.5, 0.6) is 0 Å². The molecular formula is C17H11FN2OS. The number of nitrogens with zero attached hydrogens (tertiary/aromatic N) is 2. The molecule has 1 amide bonds. The van der Waals surface area contributed by atoms with E-state index in [4.69, 9.17) is 0 Å². The van der Waals surface area contributed by atoms with Crippen LogP contribution in [0.4, 0.5) is 4.39 Å². The van der Waals surface area contributed by atoms with Gasteiger partial charge in [-0.05, 0) is 17.7 Å². The Bertz CT molecular complexity index is 916. The molecule has 0 saturated heterocycles. The third-order valence-corrected chi connectivity index (χ3v) is 4.63. The molecule has 1 aliphatic heterocycles. The molecule has 0 N–H and O–H groups in total. The van der Waals surface area contributed by atoms with Crippen LogP contribution in [0.2, 0.25) is 0 Å². The summed E-state index contributed by atoms with van der Waals surface area (Å²) in [5.74, 6) is -0.372. The van der Waals surface area contributed by atoms with E-state index in [0.717, 1.165) is 15.8 Å². The standard InChI is InChI=1S/C17H11FN2OS/c18-16-13-4-2-1-3-12(13)8-20(10-21)17(16)11-5-6-15-14(7-11)19-9-22-15/h1-7,9-10H,8H2. The SMILES string of the molecule is O=CN1Cc2ccccc2C(F)=C1c1ccc2scnc2c1. The largest absolute Gasteiger partial charge is 0.307 e. The van der Waals surface area contributed by atoms with Crippen LogP contribution >= 0.6 is 11.3 Å². The maximum absolute atomic E-state index is 15.0. The molecule has 3 nitrogen and oxygen atoms in total. The Kier molecular flexibility index (Phi) is 3.01. The molecule has 108 valence electrons. The Balaban J connectivity index is 1.95. The van der Waals surface area contributed by atoms with Crippen molar-refractivity contribution in [3.05, 3.63) is 64.7 Å². The van der Waals surface area contributed by atoms with E-state index in [1.165, 1.54) is 16.2 Å². The summed E-state index contributed by atoms with van der Waals surface area (Å²) in [6, 6.07) is 12.8. The molecule has 4 rings (SSSR count). The van der Waals surface area contributed by atoms with E-state index >= 15 is 0 Å². The molecule has 0 unspecified atom stereocenters. The highest BCUT2D eigenvalue weighted by Crippen LogP contribution is 2.37. The number of hydrogen-bond acceptors (Lipinski definition) is 3. The molecule has 0 atom stereocenters. The molecule has 3 aromatic rings. The van der Waals surface area contributed by atoms with Gasteiger partial charge in [0, 0.05) is 11.1 Å². The van der Waals surface area contributed by atoms with Gasteiger partial charge in [-0.1, -0.05) is 30.3 Å². The van der Waals surface area contributed by atoms with Crippen LogP contribution in [0.3, 0.4) is 0 Å². The van der Waals surface area contributed by atoms with Gasteiger partial charge in [-0.2, -0.15) is 0 Å². The number of fused-ring (bicyclic) bond motifs is 2. The molecule has 0 fully saturated rings. The molecule has 0 spiro atoms. The summed E-state index contributed by atoms with van der Waals surface area (Å²) in [7, 11) is 0. The summed E-state index contributed by atoms with van der Waals surface area (Å²) in [6.45, 7) is 0.373.